The van der Waals surface area contributed by atoms with E-state index in [9.17, 15) is 0 Å². The SMILES string of the molecule is CC1CN(c2ccc(-c3n[nH]c4ccccc34)cc2)CC(C)N1. The van der Waals surface area contributed by atoms with Crippen molar-refractivity contribution in [1.82, 2.24) is 15.5 Å². The molecule has 0 saturated carbocycles. The molecule has 3 aromatic rings. The molecule has 1 aromatic heterocycles. The van der Waals surface area contributed by atoms with Gasteiger partial charge in [-0.25, -0.2) is 0 Å². The second-order valence-corrected chi connectivity index (χ2v) is 6.54. The first-order chi connectivity index (χ1) is 11.2. The van der Waals surface area contributed by atoms with Gasteiger partial charge in [-0.05, 0) is 32.0 Å². The summed E-state index contributed by atoms with van der Waals surface area (Å²) in [4.78, 5) is 2.46. The van der Waals surface area contributed by atoms with Gasteiger partial charge in [-0.15, -0.1) is 0 Å². The van der Waals surface area contributed by atoms with Gasteiger partial charge in [0.15, 0.2) is 0 Å². The van der Waals surface area contributed by atoms with Crippen LogP contribution in [0.3, 0.4) is 0 Å². The van der Waals surface area contributed by atoms with Crippen LogP contribution in [-0.2, 0) is 0 Å². The molecule has 4 rings (SSSR count). The number of H-pyrrole nitrogens is 1. The maximum absolute atomic E-state index is 4.48. The summed E-state index contributed by atoms with van der Waals surface area (Å²) < 4.78 is 0. The van der Waals surface area contributed by atoms with Crippen molar-refractivity contribution in [2.75, 3.05) is 18.0 Å². The van der Waals surface area contributed by atoms with Crippen molar-refractivity contribution in [3.63, 3.8) is 0 Å². The molecule has 118 valence electrons. The van der Waals surface area contributed by atoms with Gasteiger partial charge < -0.3 is 10.2 Å². The molecule has 1 aliphatic heterocycles. The number of hydrogen-bond donors (Lipinski definition) is 2. The lowest BCUT2D eigenvalue weighted by molar-refractivity contribution is 0.407. The maximum Gasteiger partial charge on any atom is 0.0999 e. The Bertz CT molecular complexity index is 796. The van der Waals surface area contributed by atoms with Crippen molar-refractivity contribution in [2.24, 2.45) is 0 Å². The summed E-state index contributed by atoms with van der Waals surface area (Å²) in [6.07, 6.45) is 0. The molecule has 2 atom stereocenters. The summed E-state index contributed by atoms with van der Waals surface area (Å²) >= 11 is 0. The van der Waals surface area contributed by atoms with Gasteiger partial charge in [0.25, 0.3) is 0 Å². The number of hydrogen-bond acceptors (Lipinski definition) is 3. The van der Waals surface area contributed by atoms with Crippen LogP contribution in [-0.4, -0.2) is 35.4 Å². The summed E-state index contributed by atoms with van der Waals surface area (Å²) in [5, 5.41) is 12.3. The van der Waals surface area contributed by atoms with E-state index < -0.39 is 0 Å². The molecular formula is C19H22N4. The highest BCUT2D eigenvalue weighted by Crippen LogP contribution is 2.28. The minimum atomic E-state index is 0.522. The topological polar surface area (TPSA) is 44.0 Å². The predicted octanol–water partition coefficient (Wildman–Crippen LogP) is 3.42. The minimum Gasteiger partial charge on any atom is -0.368 e. The molecule has 0 amide bonds. The summed E-state index contributed by atoms with van der Waals surface area (Å²) in [5.41, 5.74) is 4.54. The van der Waals surface area contributed by atoms with Gasteiger partial charge in [-0.1, -0.05) is 30.3 Å². The van der Waals surface area contributed by atoms with Crippen LogP contribution in [0.2, 0.25) is 0 Å². The molecule has 23 heavy (non-hydrogen) atoms. The van der Waals surface area contributed by atoms with Gasteiger partial charge in [-0.3, -0.25) is 5.10 Å². The summed E-state index contributed by atoms with van der Waals surface area (Å²) in [6.45, 7) is 6.59. The summed E-state index contributed by atoms with van der Waals surface area (Å²) in [7, 11) is 0. The number of rotatable bonds is 2. The Kier molecular flexibility index (Phi) is 3.54. The predicted molar refractivity (Wildman–Crippen MR) is 95.8 cm³/mol. The van der Waals surface area contributed by atoms with Crippen LogP contribution in [0.4, 0.5) is 5.69 Å². The van der Waals surface area contributed by atoms with Crippen molar-refractivity contribution >= 4 is 16.6 Å². The standard InChI is InChI=1S/C19H22N4/c1-13-11-23(12-14(2)20-13)16-9-7-15(8-10-16)19-17-5-3-4-6-18(17)21-22-19/h3-10,13-14,20H,11-12H2,1-2H3,(H,21,22). The number of benzene rings is 2. The average Bonchev–Trinajstić information content (AvgIpc) is 2.98. The van der Waals surface area contributed by atoms with E-state index in [1.165, 1.54) is 11.1 Å². The normalized spacial score (nSPS) is 21.7. The summed E-state index contributed by atoms with van der Waals surface area (Å²) in [6, 6.07) is 18.1. The van der Waals surface area contributed by atoms with Crippen molar-refractivity contribution in [3.8, 4) is 11.3 Å². The van der Waals surface area contributed by atoms with Gasteiger partial charge >= 0.3 is 0 Å². The van der Waals surface area contributed by atoms with Gasteiger partial charge in [0.2, 0.25) is 0 Å². The van der Waals surface area contributed by atoms with Gasteiger partial charge in [0.05, 0.1) is 11.2 Å². The number of nitrogens with one attached hydrogen (secondary N) is 2. The van der Waals surface area contributed by atoms with E-state index in [0.29, 0.717) is 12.1 Å². The molecule has 1 fully saturated rings. The Hall–Kier alpha value is -2.33. The number of aromatic nitrogens is 2. The lowest BCUT2D eigenvalue weighted by atomic mass is 10.1. The maximum atomic E-state index is 4.48. The van der Waals surface area contributed by atoms with E-state index >= 15 is 0 Å². The first-order valence-electron chi connectivity index (χ1n) is 8.25. The van der Waals surface area contributed by atoms with Crippen molar-refractivity contribution in [1.29, 1.82) is 0 Å². The largest absolute Gasteiger partial charge is 0.368 e. The van der Waals surface area contributed by atoms with Crippen LogP contribution >= 0.6 is 0 Å². The number of piperazine rings is 1. The zero-order valence-corrected chi connectivity index (χ0v) is 13.6. The van der Waals surface area contributed by atoms with Crippen molar-refractivity contribution in [2.45, 2.75) is 25.9 Å². The number of fused-ring (bicyclic) bond motifs is 1. The third-order valence-corrected chi connectivity index (χ3v) is 4.53. The lowest BCUT2D eigenvalue weighted by Crippen LogP contribution is -2.54. The third kappa shape index (κ3) is 2.70. The van der Waals surface area contributed by atoms with E-state index in [0.717, 1.165) is 29.9 Å². The molecule has 0 aliphatic carbocycles. The smallest absolute Gasteiger partial charge is 0.0999 e. The second kappa shape index (κ2) is 5.70. The molecule has 1 aliphatic rings. The summed E-state index contributed by atoms with van der Waals surface area (Å²) in [5.74, 6) is 0. The van der Waals surface area contributed by atoms with Gasteiger partial charge in [0, 0.05) is 41.8 Å². The fraction of sp³-hybridized carbons (Fsp3) is 0.316. The molecule has 0 radical (unpaired) electrons. The first-order valence-corrected chi connectivity index (χ1v) is 8.25. The third-order valence-electron chi connectivity index (χ3n) is 4.53. The van der Waals surface area contributed by atoms with Gasteiger partial charge in [-0.2, -0.15) is 5.10 Å². The van der Waals surface area contributed by atoms with Gasteiger partial charge in [0.1, 0.15) is 0 Å². The Morgan fingerprint density at radius 3 is 2.39 bits per heavy atom. The highest BCUT2D eigenvalue weighted by molar-refractivity contribution is 5.92. The first kappa shape index (κ1) is 14.3. The van der Waals surface area contributed by atoms with E-state index in [1.54, 1.807) is 0 Å². The van der Waals surface area contributed by atoms with E-state index in [2.05, 4.69) is 76.7 Å². The Morgan fingerprint density at radius 1 is 0.957 bits per heavy atom. The van der Waals surface area contributed by atoms with E-state index in [4.69, 9.17) is 0 Å². The minimum absolute atomic E-state index is 0.522. The van der Waals surface area contributed by atoms with Crippen molar-refractivity contribution < 1.29 is 0 Å². The number of nitrogens with zero attached hydrogens (tertiary/aromatic N) is 2. The quantitative estimate of drug-likeness (QED) is 0.762. The van der Waals surface area contributed by atoms with Crippen molar-refractivity contribution in [3.05, 3.63) is 48.5 Å². The number of para-hydroxylation sites is 1. The molecule has 4 nitrogen and oxygen atoms in total. The molecule has 2 N–H and O–H groups in total. The van der Waals surface area contributed by atoms with Crippen LogP contribution in [0.15, 0.2) is 48.5 Å². The molecule has 2 unspecified atom stereocenters. The molecule has 2 aromatic carbocycles. The fourth-order valence-electron chi connectivity index (χ4n) is 3.55. The second-order valence-electron chi connectivity index (χ2n) is 6.54. The van der Waals surface area contributed by atoms with E-state index in [1.807, 2.05) is 6.07 Å². The average molecular weight is 306 g/mol. The molecular weight excluding hydrogens is 284 g/mol. The van der Waals surface area contributed by atoms with Crippen LogP contribution < -0.4 is 10.2 Å². The lowest BCUT2D eigenvalue weighted by Gasteiger charge is -2.37. The molecule has 2 heterocycles. The monoisotopic (exact) mass is 306 g/mol. The highest BCUT2D eigenvalue weighted by Gasteiger charge is 2.21. The molecule has 1 saturated heterocycles. The molecule has 0 bridgehead atoms. The zero-order valence-electron chi connectivity index (χ0n) is 13.6. The molecule has 4 heteroatoms. The Balaban J connectivity index is 1.63. The Morgan fingerprint density at radius 2 is 1.65 bits per heavy atom. The van der Waals surface area contributed by atoms with Crippen LogP contribution in [0.5, 0.6) is 0 Å². The zero-order chi connectivity index (χ0) is 15.8. The molecule has 0 spiro atoms. The Labute approximate surface area is 136 Å². The van der Waals surface area contributed by atoms with Crippen LogP contribution in [0.25, 0.3) is 22.2 Å². The van der Waals surface area contributed by atoms with Crippen LogP contribution in [0, 0.1) is 0 Å². The van der Waals surface area contributed by atoms with Crippen LogP contribution in [0.1, 0.15) is 13.8 Å². The number of anilines is 1. The highest BCUT2D eigenvalue weighted by atomic mass is 15.2. The van der Waals surface area contributed by atoms with E-state index in [-0.39, 0.29) is 0 Å². The fourth-order valence-corrected chi connectivity index (χ4v) is 3.55. The number of aromatic amines is 1.